The molecule has 1 rings (SSSR count). The van der Waals surface area contributed by atoms with Gasteiger partial charge in [0.1, 0.15) is 5.75 Å². The summed E-state index contributed by atoms with van der Waals surface area (Å²) < 4.78 is 19.5. The van der Waals surface area contributed by atoms with Crippen LogP contribution in [-0.2, 0) is 11.0 Å². The second-order valence-corrected chi connectivity index (χ2v) is 6.96. The summed E-state index contributed by atoms with van der Waals surface area (Å²) >= 11 is 0. The fraction of sp³-hybridized carbons (Fsp3) is 0.429. The molecule has 0 aliphatic heterocycles. The molecular weight excluding hydrogens is 246 g/mol. The van der Waals surface area contributed by atoms with E-state index in [0.717, 1.165) is 11.3 Å². The van der Waals surface area contributed by atoms with Gasteiger partial charge in [0, 0.05) is 6.54 Å². The first-order chi connectivity index (χ1) is 8.43. The molecule has 0 unspecified atom stereocenters. The normalized spacial score (nSPS) is 13.8. The molecule has 0 saturated carbocycles. The molecule has 1 atom stereocenters. The standard InChI is InChI=1S/C14H21NO2S/c1-14(2,3)18(16)15-11-5-6-12-7-9-13(17-4)10-8-12/h5-10,15H,11H2,1-4H3/b6-5+/t18-/m1/s1. The number of nitrogens with one attached hydrogen (secondary N) is 1. The third kappa shape index (κ3) is 5.02. The van der Waals surface area contributed by atoms with E-state index in [9.17, 15) is 4.21 Å². The molecular formula is C14H21NO2S. The maximum absolute atomic E-state index is 11.7. The predicted molar refractivity (Wildman–Crippen MR) is 77.9 cm³/mol. The van der Waals surface area contributed by atoms with Gasteiger partial charge in [0.2, 0.25) is 0 Å². The summed E-state index contributed by atoms with van der Waals surface area (Å²) in [6, 6.07) is 7.80. The van der Waals surface area contributed by atoms with Gasteiger partial charge < -0.3 is 4.74 Å². The molecule has 0 spiro atoms. The highest BCUT2D eigenvalue weighted by Crippen LogP contribution is 2.12. The maximum Gasteiger partial charge on any atom is 0.118 e. The minimum Gasteiger partial charge on any atom is -0.497 e. The van der Waals surface area contributed by atoms with Crippen LogP contribution in [0, 0.1) is 0 Å². The summed E-state index contributed by atoms with van der Waals surface area (Å²) in [7, 11) is 0.628. The molecule has 1 N–H and O–H groups in total. The Bertz CT molecular complexity index is 418. The van der Waals surface area contributed by atoms with Crippen molar-refractivity contribution in [2.75, 3.05) is 13.7 Å². The van der Waals surface area contributed by atoms with E-state index in [2.05, 4.69) is 4.72 Å². The highest BCUT2D eigenvalue weighted by atomic mass is 32.2. The lowest BCUT2D eigenvalue weighted by Gasteiger charge is -2.17. The molecule has 100 valence electrons. The van der Waals surface area contributed by atoms with Gasteiger partial charge in [-0.2, -0.15) is 0 Å². The number of hydrogen-bond donors (Lipinski definition) is 1. The Hall–Kier alpha value is -1.13. The molecule has 0 saturated heterocycles. The Morgan fingerprint density at radius 1 is 1.28 bits per heavy atom. The monoisotopic (exact) mass is 267 g/mol. The van der Waals surface area contributed by atoms with Gasteiger partial charge in [-0.1, -0.05) is 24.3 Å². The average Bonchev–Trinajstić information content (AvgIpc) is 2.34. The van der Waals surface area contributed by atoms with Gasteiger partial charge in [0.05, 0.1) is 22.8 Å². The SMILES string of the molecule is COc1ccc(/C=C/CN[S@](=O)C(C)(C)C)cc1. The first-order valence-electron chi connectivity index (χ1n) is 5.89. The fourth-order valence-corrected chi connectivity index (χ4v) is 1.93. The Balaban J connectivity index is 2.43. The molecule has 4 heteroatoms. The molecule has 0 heterocycles. The molecule has 0 aliphatic carbocycles. The lowest BCUT2D eigenvalue weighted by Crippen LogP contribution is -2.33. The summed E-state index contributed by atoms with van der Waals surface area (Å²) in [5.41, 5.74) is 1.10. The van der Waals surface area contributed by atoms with Crippen LogP contribution in [-0.4, -0.2) is 22.6 Å². The summed E-state index contributed by atoms with van der Waals surface area (Å²) in [5.74, 6) is 0.846. The van der Waals surface area contributed by atoms with Crippen LogP contribution in [0.3, 0.4) is 0 Å². The number of ether oxygens (including phenoxy) is 1. The van der Waals surface area contributed by atoms with Gasteiger partial charge >= 0.3 is 0 Å². The maximum atomic E-state index is 11.7. The molecule has 1 aromatic rings. The van der Waals surface area contributed by atoms with E-state index in [1.54, 1.807) is 7.11 Å². The van der Waals surface area contributed by atoms with Crippen molar-refractivity contribution < 1.29 is 8.95 Å². The van der Waals surface area contributed by atoms with Gasteiger partial charge in [-0.05, 0) is 38.5 Å². The Morgan fingerprint density at radius 2 is 1.89 bits per heavy atom. The Morgan fingerprint density at radius 3 is 2.39 bits per heavy atom. The highest BCUT2D eigenvalue weighted by molar-refractivity contribution is 7.84. The van der Waals surface area contributed by atoms with Crippen LogP contribution in [0.1, 0.15) is 26.3 Å². The lowest BCUT2D eigenvalue weighted by atomic mass is 10.2. The molecule has 0 radical (unpaired) electrons. The van der Waals surface area contributed by atoms with E-state index in [0.29, 0.717) is 6.54 Å². The molecule has 1 aromatic carbocycles. The largest absolute Gasteiger partial charge is 0.497 e. The van der Waals surface area contributed by atoms with E-state index in [1.807, 2.05) is 57.2 Å². The minimum atomic E-state index is -1.02. The van der Waals surface area contributed by atoms with Gasteiger partial charge in [0.15, 0.2) is 0 Å². The van der Waals surface area contributed by atoms with Crippen molar-refractivity contribution in [2.45, 2.75) is 25.5 Å². The van der Waals surface area contributed by atoms with Crippen LogP contribution in [0.15, 0.2) is 30.3 Å². The Labute approximate surface area is 112 Å². The van der Waals surface area contributed by atoms with Crippen molar-refractivity contribution in [2.24, 2.45) is 0 Å². The van der Waals surface area contributed by atoms with Crippen LogP contribution in [0.5, 0.6) is 5.75 Å². The van der Waals surface area contributed by atoms with Crippen LogP contribution < -0.4 is 9.46 Å². The summed E-state index contributed by atoms with van der Waals surface area (Å²) in [6.45, 7) is 6.44. The average molecular weight is 267 g/mol. The zero-order chi connectivity index (χ0) is 13.6. The van der Waals surface area contributed by atoms with E-state index < -0.39 is 11.0 Å². The van der Waals surface area contributed by atoms with E-state index in [4.69, 9.17) is 4.74 Å². The third-order valence-electron chi connectivity index (χ3n) is 2.31. The molecule has 0 aromatic heterocycles. The van der Waals surface area contributed by atoms with Crippen LogP contribution in [0.2, 0.25) is 0 Å². The first-order valence-corrected chi connectivity index (χ1v) is 7.04. The topological polar surface area (TPSA) is 38.3 Å². The van der Waals surface area contributed by atoms with Crippen molar-refractivity contribution in [3.63, 3.8) is 0 Å². The minimum absolute atomic E-state index is 0.228. The second-order valence-electron chi connectivity index (χ2n) is 4.91. The summed E-state index contributed by atoms with van der Waals surface area (Å²) in [6.07, 6.45) is 3.96. The van der Waals surface area contributed by atoms with Crippen molar-refractivity contribution in [3.05, 3.63) is 35.9 Å². The van der Waals surface area contributed by atoms with E-state index in [1.165, 1.54) is 0 Å². The van der Waals surface area contributed by atoms with Crippen LogP contribution in [0.4, 0.5) is 0 Å². The zero-order valence-corrected chi connectivity index (χ0v) is 12.2. The van der Waals surface area contributed by atoms with Crippen molar-refractivity contribution in [3.8, 4) is 5.75 Å². The highest BCUT2D eigenvalue weighted by Gasteiger charge is 2.17. The Kier molecular flexibility index (Phi) is 5.56. The molecule has 0 aliphatic rings. The zero-order valence-electron chi connectivity index (χ0n) is 11.4. The lowest BCUT2D eigenvalue weighted by molar-refractivity contribution is 0.415. The second kappa shape index (κ2) is 6.71. The summed E-state index contributed by atoms with van der Waals surface area (Å²) in [4.78, 5) is 0. The van der Waals surface area contributed by atoms with Gasteiger partial charge in [-0.25, -0.2) is 8.93 Å². The number of benzene rings is 1. The smallest absolute Gasteiger partial charge is 0.118 e. The number of rotatable bonds is 5. The summed E-state index contributed by atoms with van der Waals surface area (Å²) in [5, 5.41) is 0. The molecule has 0 amide bonds. The van der Waals surface area contributed by atoms with Crippen molar-refractivity contribution >= 4 is 17.1 Å². The quantitative estimate of drug-likeness (QED) is 0.891. The molecule has 0 fully saturated rings. The van der Waals surface area contributed by atoms with Crippen LogP contribution in [0.25, 0.3) is 6.08 Å². The molecule has 0 bridgehead atoms. The predicted octanol–water partition coefficient (Wildman–Crippen LogP) is 2.76. The van der Waals surface area contributed by atoms with Crippen molar-refractivity contribution in [1.82, 2.24) is 4.72 Å². The fourth-order valence-electron chi connectivity index (χ4n) is 1.25. The molecule has 3 nitrogen and oxygen atoms in total. The van der Waals surface area contributed by atoms with Gasteiger partial charge in [0.25, 0.3) is 0 Å². The first kappa shape index (κ1) is 14.9. The van der Waals surface area contributed by atoms with E-state index in [-0.39, 0.29) is 4.75 Å². The van der Waals surface area contributed by atoms with Gasteiger partial charge in [-0.15, -0.1) is 0 Å². The van der Waals surface area contributed by atoms with Crippen molar-refractivity contribution in [1.29, 1.82) is 0 Å². The van der Waals surface area contributed by atoms with E-state index >= 15 is 0 Å². The van der Waals surface area contributed by atoms with Crippen LogP contribution >= 0.6 is 0 Å². The number of hydrogen-bond acceptors (Lipinski definition) is 2. The third-order valence-corrected chi connectivity index (χ3v) is 3.86. The number of methoxy groups -OCH3 is 1. The van der Waals surface area contributed by atoms with Gasteiger partial charge in [-0.3, -0.25) is 0 Å². The molecule has 18 heavy (non-hydrogen) atoms.